The van der Waals surface area contributed by atoms with Gasteiger partial charge in [0.2, 0.25) is 5.91 Å². The number of fused-ring (bicyclic) bond motifs is 1. The van der Waals surface area contributed by atoms with Gasteiger partial charge in [-0.15, -0.1) is 0 Å². The monoisotopic (exact) mass is 482 g/mol. The molecule has 0 bridgehead atoms. The number of carbonyl (C=O) groups excluding carboxylic acids is 2. The number of aryl methyl sites for hydroxylation is 1. The molecule has 182 valence electrons. The average Bonchev–Trinajstić information content (AvgIpc) is 3.23. The van der Waals surface area contributed by atoms with E-state index in [1.54, 1.807) is 36.3 Å². The van der Waals surface area contributed by atoms with Gasteiger partial charge in [-0.1, -0.05) is 18.7 Å². The van der Waals surface area contributed by atoms with Crippen LogP contribution in [0.2, 0.25) is 0 Å². The highest BCUT2D eigenvalue weighted by Gasteiger charge is 2.37. The molecule has 0 aliphatic heterocycles. The topological polar surface area (TPSA) is 132 Å². The van der Waals surface area contributed by atoms with Crippen molar-refractivity contribution in [1.29, 1.82) is 0 Å². The number of nitrogens with one attached hydrogen (secondary N) is 1. The number of nitrogen functional groups attached to an aromatic ring is 1. The summed E-state index contributed by atoms with van der Waals surface area (Å²) in [6, 6.07) is 10.9. The quantitative estimate of drug-likeness (QED) is 0.403. The van der Waals surface area contributed by atoms with Gasteiger partial charge in [-0.2, -0.15) is 5.10 Å². The molecule has 4 aromatic rings. The van der Waals surface area contributed by atoms with Gasteiger partial charge >= 0.3 is 0 Å². The average molecular weight is 483 g/mol. The third-order valence-electron chi connectivity index (χ3n) is 6.67. The second-order valence-corrected chi connectivity index (χ2v) is 8.88. The first kappa shape index (κ1) is 23.2. The number of pyridine rings is 1. The minimum absolute atomic E-state index is 0.0735. The Morgan fingerprint density at radius 1 is 1.19 bits per heavy atom. The molecule has 0 atom stereocenters. The fourth-order valence-electron chi connectivity index (χ4n) is 4.53. The molecule has 0 saturated heterocycles. The van der Waals surface area contributed by atoms with E-state index in [4.69, 9.17) is 10.8 Å². The van der Waals surface area contributed by atoms with Gasteiger partial charge in [0.1, 0.15) is 23.7 Å². The van der Waals surface area contributed by atoms with Crippen molar-refractivity contribution >= 4 is 34.5 Å². The zero-order chi connectivity index (χ0) is 25.4. The molecule has 0 spiro atoms. The predicted molar refractivity (Wildman–Crippen MR) is 137 cm³/mol. The summed E-state index contributed by atoms with van der Waals surface area (Å²) in [5, 5.41) is 8.37. The minimum Gasteiger partial charge on any atom is -0.383 e. The molecule has 5 rings (SSSR count). The Kier molecular flexibility index (Phi) is 5.93. The van der Waals surface area contributed by atoms with Crippen molar-refractivity contribution in [2.24, 2.45) is 0 Å². The number of amides is 2. The summed E-state index contributed by atoms with van der Waals surface area (Å²) in [7, 11) is 1.78. The van der Waals surface area contributed by atoms with E-state index in [0.29, 0.717) is 33.9 Å². The van der Waals surface area contributed by atoms with Gasteiger partial charge in [-0.25, -0.2) is 19.6 Å². The molecule has 1 fully saturated rings. The molecule has 1 aliphatic carbocycles. The Hall–Kier alpha value is -4.60. The Morgan fingerprint density at radius 2 is 2.00 bits per heavy atom. The molecule has 1 saturated carbocycles. The first-order valence-corrected chi connectivity index (χ1v) is 11.6. The van der Waals surface area contributed by atoms with Crippen LogP contribution in [-0.4, -0.2) is 54.5 Å². The maximum Gasteiger partial charge on any atom is 0.256 e. The van der Waals surface area contributed by atoms with Crippen molar-refractivity contribution < 1.29 is 9.59 Å². The van der Waals surface area contributed by atoms with Crippen LogP contribution in [0.1, 0.15) is 34.8 Å². The Morgan fingerprint density at radius 3 is 2.69 bits per heavy atom. The van der Waals surface area contributed by atoms with Gasteiger partial charge in [-0.3, -0.25) is 9.59 Å². The number of anilines is 2. The summed E-state index contributed by atoms with van der Waals surface area (Å²) in [5.41, 5.74) is 9.79. The normalized spacial score (nSPS) is 16.8. The number of aromatic nitrogens is 5. The van der Waals surface area contributed by atoms with E-state index >= 15 is 0 Å². The molecule has 1 aromatic carbocycles. The van der Waals surface area contributed by atoms with Crippen molar-refractivity contribution in [1.82, 2.24) is 29.6 Å². The molecule has 1 aliphatic rings. The van der Waals surface area contributed by atoms with Crippen LogP contribution in [0, 0.1) is 6.92 Å². The number of likely N-dealkylation sites (N-methyl/N-ethyl adjacent to an activating group) is 1. The highest BCUT2D eigenvalue weighted by atomic mass is 16.2. The van der Waals surface area contributed by atoms with E-state index in [1.807, 2.05) is 29.8 Å². The molecule has 3 N–H and O–H groups in total. The van der Waals surface area contributed by atoms with Crippen LogP contribution in [0.25, 0.3) is 22.3 Å². The lowest BCUT2D eigenvalue weighted by atomic mass is 9.85. The first-order valence-electron chi connectivity index (χ1n) is 11.6. The van der Waals surface area contributed by atoms with E-state index in [9.17, 15) is 9.59 Å². The van der Waals surface area contributed by atoms with Gasteiger partial charge in [-0.05, 0) is 55.7 Å². The van der Waals surface area contributed by atoms with Gasteiger partial charge in [0.05, 0.1) is 11.4 Å². The second kappa shape index (κ2) is 9.21. The summed E-state index contributed by atoms with van der Waals surface area (Å²) in [5.74, 6) is 0.477. The molecule has 3 aromatic heterocycles. The number of rotatable bonds is 6. The molecule has 10 nitrogen and oxygen atoms in total. The Labute approximate surface area is 207 Å². The summed E-state index contributed by atoms with van der Waals surface area (Å²) in [6.07, 6.45) is 5.88. The van der Waals surface area contributed by atoms with Crippen LogP contribution >= 0.6 is 0 Å². The molecule has 36 heavy (non-hydrogen) atoms. The molecular formula is C26H26N8O2. The lowest BCUT2D eigenvalue weighted by molar-refractivity contribution is -0.129. The van der Waals surface area contributed by atoms with E-state index in [0.717, 1.165) is 24.0 Å². The van der Waals surface area contributed by atoms with Crippen molar-refractivity contribution in [2.75, 3.05) is 18.1 Å². The number of hydrogen-bond donors (Lipinski definition) is 2. The standard InChI is InChI=1S/C26H26N8O2/c1-4-21(35)33(3)17-12-18(13-17)34-25-22(24(27)29-14-30-25)23(32-34)19-9-8-16(11-15(19)2)26(36)31-20-7-5-6-10-28-20/h4-11,14,17-18H,1,12-13H2,2-3H3,(H2,27,29,30)(H,28,31,36). The molecule has 2 amide bonds. The molecule has 3 heterocycles. The van der Waals surface area contributed by atoms with Crippen LogP contribution in [0.3, 0.4) is 0 Å². The SMILES string of the molecule is C=CC(=O)N(C)C1CC(n2nc(-c3ccc(C(=O)Nc4ccccn4)cc3C)c3c(N)ncnc32)C1. The Bertz CT molecular complexity index is 1470. The van der Waals surface area contributed by atoms with E-state index in [-0.39, 0.29) is 23.9 Å². The van der Waals surface area contributed by atoms with Gasteiger partial charge in [0, 0.05) is 30.4 Å². The van der Waals surface area contributed by atoms with Crippen LogP contribution in [0.4, 0.5) is 11.6 Å². The highest BCUT2D eigenvalue weighted by molar-refractivity contribution is 6.05. The molecule has 10 heteroatoms. The number of carbonyl (C=O) groups is 2. The fraction of sp³-hybridized carbons (Fsp3) is 0.231. The van der Waals surface area contributed by atoms with E-state index < -0.39 is 0 Å². The van der Waals surface area contributed by atoms with E-state index in [2.05, 4.69) is 26.8 Å². The van der Waals surface area contributed by atoms with Crippen molar-refractivity contribution in [2.45, 2.75) is 31.8 Å². The predicted octanol–water partition coefficient (Wildman–Crippen LogP) is 3.38. The number of nitrogens with two attached hydrogens (primary N) is 1. The third-order valence-corrected chi connectivity index (χ3v) is 6.67. The van der Waals surface area contributed by atoms with Crippen molar-refractivity contribution in [3.63, 3.8) is 0 Å². The maximum absolute atomic E-state index is 12.7. The van der Waals surface area contributed by atoms with Gasteiger partial charge in [0.15, 0.2) is 5.65 Å². The number of benzene rings is 1. The third kappa shape index (κ3) is 4.06. The van der Waals surface area contributed by atoms with Crippen LogP contribution in [-0.2, 0) is 4.79 Å². The smallest absolute Gasteiger partial charge is 0.256 e. The molecular weight excluding hydrogens is 456 g/mol. The number of hydrogen-bond acceptors (Lipinski definition) is 7. The fourth-order valence-corrected chi connectivity index (χ4v) is 4.53. The summed E-state index contributed by atoms with van der Waals surface area (Å²) in [4.78, 5) is 39.2. The van der Waals surface area contributed by atoms with Crippen molar-refractivity contribution in [3.8, 4) is 11.3 Å². The summed E-state index contributed by atoms with van der Waals surface area (Å²) >= 11 is 0. The molecule has 0 radical (unpaired) electrons. The van der Waals surface area contributed by atoms with E-state index in [1.165, 1.54) is 12.4 Å². The maximum atomic E-state index is 12.7. The Balaban J connectivity index is 1.46. The van der Waals surface area contributed by atoms with Crippen LogP contribution in [0.15, 0.2) is 61.6 Å². The van der Waals surface area contributed by atoms with Crippen molar-refractivity contribution in [3.05, 3.63) is 72.7 Å². The number of nitrogens with zero attached hydrogens (tertiary/aromatic N) is 6. The lowest BCUT2D eigenvalue weighted by Gasteiger charge is -2.40. The second-order valence-electron chi connectivity index (χ2n) is 8.88. The van der Waals surface area contributed by atoms with Gasteiger partial charge in [0.25, 0.3) is 5.91 Å². The van der Waals surface area contributed by atoms with Crippen LogP contribution in [0.5, 0.6) is 0 Å². The summed E-state index contributed by atoms with van der Waals surface area (Å²) < 4.78 is 1.88. The lowest BCUT2D eigenvalue weighted by Crippen LogP contribution is -2.45. The zero-order valence-corrected chi connectivity index (χ0v) is 20.0. The van der Waals surface area contributed by atoms with Crippen LogP contribution < -0.4 is 11.1 Å². The zero-order valence-electron chi connectivity index (χ0n) is 20.0. The minimum atomic E-state index is -0.250. The highest BCUT2D eigenvalue weighted by Crippen LogP contribution is 2.40. The summed E-state index contributed by atoms with van der Waals surface area (Å²) in [6.45, 7) is 5.49. The molecule has 0 unspecified atom stereocenters. The first-order chi connectivity index (χ1) is 17.4. The van der Waals surface area contributed by atoms with Gasteiger partial charge < -0.3 is 16.0 Å². The largest absolute Gasteiger partial charge is 0.383 e.